The first-order valence-corrected chi connectivity index (χ1v) is 14.2. The summed E-state index contributed by atoms with van der Waals surface area (Å²) in [4.78, 5) is 17.1. The lowest BCUT2D eigenvalue weighted by Crippen LogP contribution is -1.98. The molecule has 6 nitrogen and oxygen atoms in total. The van der Waals surface area contributed by atoms with E-state index >= 15 is 0 Å². The molecule has 7 rings (SSSR count). The van der Waals surface area contributed by atoms with Crippen molar-refractivity contribution in [3.63, 3.8) is 0 Å². The van der Waals surface area contributed by atoms with Crippen molar-refractivity contribution in [1.29, 1.82) is 0 Å². The van der Waals surface area contributed by atoms with Gasteiger partial charge in [0.2, 0.25) is 0 Å². The highest BCUT2D eigenvalue weighted by molar-refractivity contribution is 6.05. The van der Waals surface area contributed by atoms with Crippen molar-refractivity contribution in [2.75, 3.05) is 13.7 Å². The summed E-state index contributed by atoms with van der Waals surface area (Å²) in [6.07, 6.45) is 9.01. The molecule has 3 aromatic heterocycles. The van der Waals surface area contributed by atoms with Gasteiger partial charge in [0.1, 0.15) is 11.4 Å². The van der Waals surface area contributed by atoms with Gasteiger partial charge >= 0.3 is 0 Å². The van der Waals surface area contributed by atoms with E-state index in [0.717, 1.165) is 79.3 Å². The number of aromatic nitrogens is 4. The smallest absolute Gasteiger partial charge is 0.168 e. The Kier molecular flexibility index (Phi) is 6.64. The van der Waals surface area contributed by atoms with Crippen LogP contribution < -0.4 is 9.47 Å². The topological polar surface area (TPSA) is 75.8 Å². The highest BCUT2D eigenvalue weighted by Crippen LogP contribution is 2.43. The Balaban J connectivity index is 1.66. The van der Waals surface area contributed by atoms with Crippen molar-refractivity contribution >= 4 is 46.4 Å². The van der Waals surface area contributed by atoms with Crippen LogP contribution in [0.2, 0.25) is 0 Å². The molecule has 2 aromatic carbocycles. The quantitative estimate of drug-likeness (QED) is 0.217. The second kappa shape index (κ2) is 10.9. The van der Waals surface area contributed by atoms with E-state index in [1.54, 1.807) is 7.11 Å². The fraction of sp³-hybridized carbons (Fsp3) is 0.111. The van der Waals surface area contributed by atoms with Crippen LogP contribution in [0.25, 0.3) is 68.6 Å². The molecule has 2 aliphatic rings. The maximum atomic E-state index is 6.52. The third kappa shape index (κ3) is 4.88. The molecular formula is C36H30N4O2. The number of hydrogen-bond acceptors (Lipinski definition) is 4. The summed E-state index contributed by atoms with van der Waals surface area (Å²) in [5.74, 6) is 1.52. The predicted molar refractivity (Wildman–Crippen MR) is 172 cm³/mol. The largest absolute Gasteiger partial charge is 0.497 e. The normalized spacial score (nSPS) is 12.0. The summed E-state index contributed by atoms with van der Waals surface area (Å²) < 4.78 is 12.0. The Bertz CT molecular complexity index is 2000. The molecule has 0 spiro atoms. The van der Waals surface area contributed by atoms with Crippen molar-refractivity contribution in [2.45, 2.75) is 13.3 Å². The van der Waals surface area contributed by atoms with Crippen molar-refractivity contribution in [3.8, 4) is 33.8 Å². The Morgan fingerprint density at radius 2 is 1.33 bits per heavy atom. The van der Waals surface area contributed by atoms with E-state index < -0.39 is 0 Å². The van der Waals surface area contributed by atoms with Gasteiger partial charge in [0.05, 0.1) is 36.3 Å². The number of aromatic amines is 2. The number of methoxy groups -OCH3 is 1. The first kappa shape index (κ1) is 25.6. The minimum atomic E-state index is 0.564. The Labute approximate surface area is 244 Å². The van der Waals surface area contributed by atoms with Crippen LogP contribution in [0.3, 0.4) is 0 Å². The van der Waals surface area contributed by atoms with Gasteiger partial charge < -0.3 is 19.4 Å². The van der Waals surface area contributed by atoms with E-state index in [-0.39, 0.29) is 0 Å². The lowest BCUT2D eigenvalue weighted by atomic mass is 9.95. The van der Waals surface area contributed by atoms with Gasteiger partial charge in [-0.3, -0.25) is 0 Å². The highest BCUT2D eigenvalue weighted by atomic mass is 16.5. The Morgan fingerprint density at radius 3 is 2.05 bits per heavy atom. The molecule has 0 saturated carbocycles. The number of hydrogen-bond donors (Lipinski definition) is 2. The third-order valence-electron chi connectivity index (χ3n) is 7.36. The molecule has 5 heterocycles. The van der Waals surface area contributed by atoms with E-state index in [4.69, 9.17) is 19.4 Å². The van der Waals surface area contributed by atoms with Crippen LogP contribution in [0.15, 0.2) is 84.9 Å². The zero-order valence-corrected chi connectivity index (χ0v) is 23.5. The minimum Gasteiger partial charge on any atom is -0.497 e. The molecule has 0 radical (unpaired) electrons. The maximum Gasteiger partial charge on any atom is 0.168 e. The van der Waals surface area contributed by atoms with Crippen LogP contribution in [-0.4, -0.2) is 33.7 Å². The van der Waals surface area contributed by atoms with Gasteiger partial charge in [0.25, 0.3) is 0 Å². The minimum absolute atomic E-state index is 0.564. The summed E-state index contributed by atoms with van der Waals surface area (Å²) in [7, 11) is 1.68. The van der Waals surface area contributed by atoms with Gasteiger partial charge in [0, 0.05) is 27.7 Å². The third-order valence-corrected chi connectivity index (χ3v) is 7.36. The van der Waals surface area contributed by atoms with Crippen molar-refractivity contribution in [3.05, 3.63) is 108 Å². The van der Waals surface area contributed by atoms with E-state index in [1.807, 2.05) is 48.6 Å². The molecule has 6 heteroatoms. The molecule has 0 amide bonds. The van der Waals surface area contributed by atoms with E-state index in [9.17, 15) is 0 Å². The van der Waals surface area contributed by atoms with Crippen LogP contribution in [-0.2, 0) is 0 Å². The zero-order valence-electron chi connectivity index (χ0n) is 23.5. The number of rotatable bonds is 6. The number of nitrogens with zero attached hydrogens (tertiary/aromatic N) is 2. The monoisotopic (exact) mass is 550 g/mol. The summed E-state index contributed by atoms with van der Waals surface area (Å²) in [6, 6.07) is 28.9. The second-order valence-electron chi connectivity index (χ2n) is 10.3. The summed E-state index contributed by atoms with van der Waals surface area (Å²) >= 11 is 0. The number of H-pyrrole nitrogens is 2. The molecule has 0 fully saturated rings. The number of fused-ring (bicyclic) bond motifs is 8. The fourth-order valence-corrected chi connectivity index (χ4v) is 5.43. The standard InChI is InChI=1S/C36H30N4O2/c1-3-19-42-36-31-18-15-28(39-31)21-27-12-11-25(37-27)20-26-13-14-29(38-26)22-32-33(24-9-16-30(41-2)17-10-24)34(35(36)40-32)23-7-5-4-6-8-23/h4-18,20-22,37,40H,3,19H2,1-2H3. The molecule has 0 unspecified atom stereocenters. The lowest BCUT2D eigenvalue weighted by Gasteiger charge is -2.10. The van der Waals surface area contributed by atoms with Gasteiger partial charge in [-0.05, 0) is 84.3 Å². The molecule has 0 saturated heterocycles. The van der Waals surface area contributed by atoms with Gasteiger partial charge in [0.15, 0.2) is 5.75 Å². The molecule has 2 N–H and O–H groups in total. The van der Waals surface area contributed by atoms with Gasteiger partial charge in [-0.15, -0.1) is 0 Å². The van der Waals surface area contributed by atoms with Crippen molar-refractivity contribution in [2.24, 2.45) is 0 Å². The molecule has 2 aliphatic heterocycles. The van der Waals surface area contributed by atoms with Crippen LogP contribution in [0.4, 0.5) is 0 Å². The average molecular weight is 551 g/mol. The first-order chi connectivity index (χ1) is 20.7. The molecule has 8 bridgehead atoms. The first-order valence-electron chi connectivity index (χ1n) is 14.2. The average Bonchev–Trinajstić information content (AvgIpc) is 3.83. The van der Waals surface area contributed by atoms with Crippen molar-refractivity contribution in [1.82, 2.24) is 19.9 Å². The van der Waals surface area contributed by atoms with E-state index in [1.165, 1.54) is 0 Å². The highest BCUT2D eigenvalue weighted by Gasteiger charge is 2.21. The molecule has 42 heavy (non-hydrogen) atoms. The molecule has 0 atom stereocenters. The van der Waals surface area contributed by atoms with Gasteiger partial charge in [-0.25, -0.2) is 9.97 Å². The zero-order chi connectivity index (χ0) is 28.5. The van der Waals surface area contributed by atoms with Crippen LogP contribution in [0, 0.1) is 0 Å². The molecular weight excluding hydrogens is 520 g/mol. The van der Waals surface area contributed by atoms with Crippen LogP contribution >= 0.6 is 0 Å². The van der Waals surface area contributed by atoms with Gasteiger partial charge in [-0.1, -0.05) is 49.4 Å². The number of ether oxygens (including phenoxy) is 2. The van der Waals surface area contributed by atoms with Crippen molar-refractivity contribution < 1.29 is 9.47 Å². The van der Waals surface area contributed by atoms with Gasteiger partial charge in [-0.2, -0.15) is 0 Å². The number of nitrogens with one attached hydrogen (secondary N) is 2. The predicted octanol–water partition coefficient (Wildman–Crippen LogP) is 8.79. The maximum absolute atomic E-state index is 6.52. The lowest BCUT2D eigenvalue weighted by molar-refractivity contribution is 0.319. The van der Waals surface area contributed by atoms with Crippen LogP contribution in [0.5, 0.6) is 11.5 Å². The Morgan fingerprint density at radius 1 is 0.667 bits per heavy atom. The molecule has 5 aromatic rings. The summed E-state index contributed by atoms with van der Waals surface area (Å²) in [6.45, 7) is 2.68. The number of benzene rings is 2. The SMILES string of the molecule is CCCOc1c2nc(cc3ccc(cc4nc(cc5[nH]c1c(-c1ccccc1)c5-c1ccc(OC)cc1)C=C4)[nH]3)C=C2. The summed E-state index contributed by atoms with van der Waals surface area (Å²) in [5.41, 5.74) is 11.4. The molecule has 0 aliphatic carbocycles. The fourth-order valence-electron chi connectivity index (χ4n) is 5.43. The van der Waals surface area contributed by atoms with Crippen LogP contribution in [0.1, 0.15) is 36.1 Å². The van der Waals surface area contributed by atoms with E-state index in [2.05, 4.69) is 77.6 Å². The Hall–Kier alpha value is -5.36. The molecule has 206 valence electrons. The second-order valence-corrected chi connectivity index (χ2v) is 10.3. The summed E-state index contributed by atoms with van der Waals surface area (Å²) in [5, 5.41) is 0. The van der Waals surface area contributed by atoms with E-state index in [0.29, 0.717) is 12.4 Å².